The van der Waals surface area contributed by atoms with Crippen LogP contribution in [0, 0.1) is 11.3 Å². The zero-order chi connectivity index (χ0) is 17.0. The van der Waals surface area contributed by atoms with Crippen LogP contribution in [0.15, 0.2) is 6.20 Å². The summed E-state index contributed by atoms with van der Waals surface area (Å²) in [6.45, 7) is 6.88. The summed E-state index contributed by atoms with van der Waals surface area (Å²) in [5.41, 5.74) is 0.211. The van der Waals surface area contributed by atoms with Crippen molar-refractivity contribution in [1.29, 1.82) is 0 Å². The largest absolute Gasteiger partial charge is 0.476 e. The molecule has 23 heavy (non-hydrogen) atoms. The van der Waals surface area contributed by atoms with E-state index in [4.69, 9.17) is 5.11 Å². The average Bonchev–Trinajstić information content (AvgIpc) is 2.96. The van der Waals surface area contributed by atoms with Gasteiger partial charge in [-0.3, -0.25) is 4.79 Å². The van der Waals surface area contributed by atoms with Gasteiger partial charge < -0.3 is 10.4 Å². The van der Waals surface area contributed by atoms with Crippen molar-refractivity contribution in [3.8, 4) is 0 Å². The molecule has 1 aliphatic carbocycles. The van der Waals surface area contributed by atoms with Gasteiger partial charge in [0.25, 0.3) is 0 Å². The van der Waals surface area contributed by atoms with Crippen LogP contribution in [-0.4, -0.2) is 38.0 Å². The third-order valence-corrected chi connectivity index (χ3v) is 5.17. The van der Waals surface area contributed by atoms with Crippen molar-refractivity contribution in [3.63, 3.8) is 0 Å². The summed E-state index contributed by atoms with van der Waals surface area (Å²) >= 11 is 0. The highest BCUT2D eigenvalue weighted by Gasteiger charge is 2.32. The molecule has 0 unspecified atom stereocenters. The molecule has 0 radical (unpaired) electrons. The van der Waals surface area contributed by atoms with E-state index >= 15 is 0 Å². The van der Waals surface area contributed by atoms with Gasteiger partial charge in [-0.2, -0.15) is 0 Å². The number of aromatic nitrogens is 3. The van der Waals surface area contributed by atoms with Crippen molar-refractivity contribution < 1.29 is 14.7 Å². The van der Waals surface area contributed by atoms with Crippen LogP contribution in [0.3, 0.4) is 0 Å². The maximum absolute atomic E-state index is 12.0. The Morgan fingerprint density at radius 3 is 2.52 bits per heavy atom. The van der Waals surface area contributed by atoms with Gasteiger partial charge in [-0.05, 0) is 37.0 Å². The molecular weight excluding hydrogens is 296 g/mol. The lowest BCUT2D eigenvalue weighted by Gasteiger charge is -2.39. The van der Waals surface area contributed by atoms with Crippen LogP contribution in [0.5, 0.6) is 0 Å². The van der Waals surface area contributed by atoms with E-state index in [0.29, 0.717) is 11.3 Å². The van der Waals surface area contributed by atoms with Crippen molar-refractivity contribution in [2.24, 2.45) is 11.3 Å². The van der Waals surface area contributed by atoms with Crippen molar-refractivity contribution in [3.05, 3.63) is 11.9 Å². The Morgan fingerprint density at radius 1 is 1.35 bits per heavy atom. The maximum Gasteiger partial charge on any atom is 0.358 e. The molecule has 1 aromatic heterocycles. The number of carboxylic acids is 1. The SMILES string of the molecule is CCC(C)(C)C1CCC(NC(=O)Cn2cc(C(=O)O)nn2)CC1. The lowest BCUT2D eigenvalue weighted by atomic mass is 9.69. The normalized spacial score (nSPS) is 21.9. The van der Waals surface area contributed by atoms with E-state index in [-0.39, 0.29) is 24.2 Å². The lowest BCUT2D eigenvalue weighted by molar-refractivity contribution is -0.122. The van der Waals surface area contributed by atoms with Crippen molar-refractivity contribution in [1.82, 2.24) is 20.3 Å². The van der Waals surface area contributed by atoms with Crippen LogP contribution in [0.4, 0.5) is 0 Å². The smallest absolute Gasteiger partial charge is 0.358 e. The molecule has 128 valence electrons. The number of carboxylic acid groups (broad SMARTS) is 1. The van der Waals surface area contributed by atoms with Gasteiger partial charge in [-0.1, -0.05) is 32.4 Å². The third kappa shape index (κ3) is 4.53. The average molecular weight is 322 g/mol. The van der Waals surface area contributed by atoms with E-state index in [9.17, 15) is 9.59 Å². The molecule has 1 saturated carbocycles. The number of carbonyl (C=O) groups excluding carboxylic acids is 1. The van der Waals surface area contributed by atoms with E-state index < -0.39 is 5.97 Å². The Balaban J connectivity index is 1.79. The van der Waals surface area contributed by atoms with Crippen LogP contribution >= 0.6 is 0 Å². The fourth-order valence-corrected chi connectivity index (χ4v) is 3.20. The number of nitrogens with zero attached hydrogens (tertiary/aromatic N) is 3. The lowest BCUT2D eigenvalue weighted by Crippen LogP contribution is -2.41. The van der Waals surface area contributed by atoms with Gasteiger partial charge in [0.05, 0.1) is 6.20 Å². The number of rotatable bonds is 6. The number of nitrogens with one attached hydrogen (secondary N) is 1. The predicted octanol–water partition coefficient (Wildman–Crippen LogP) is 2.09. The third-order valence-electron chi connectivity index (χ3n) is 5.17. The molecule has 0 spiro atoms. The summed E-state index contributed by atoms with van der Waals surface area (Å²) in [7, 11) is 0. The van der Waals surface area contributed by atoms with Gasteiger partial charge in [0.1, 0.15) is 6.54 Å². The molecule has 7 heteroatoms. The van der Waals surface area contributed by atoms with E-state index in [1.165, 1.54) is 17.3 Å². The van der Waals surface area contributed by atoms with Crippen molar-refractivity contribution >= 4 is 11.9 Å². The monoisotopic (exact) mass is 322 g/mol. The van der Waals surface area contributed by atoms with Crippen LogP contribution in [-0.2, 0) is 11.3 Å². The predicted molar refractivity (Wildman–Crippen MR) is 84.9 cm³/mol. The number of hydrogen-bond donors (Lipinski definition) is 2. The molecule has 7 nitrogen and oxygen atoms in total. The van der Waals surface area contributed by atoms with E-state index in [1.54, 1.807) is 0 Å². The van der Waals surface area contributed by atoms with E-state index in [1.807, 2.05) is 0 Å². The second-order valence-corrected chi connectivity index (χ2v) is 7.06. The van der Waals surface area contributed by atoms with Crippen LogP contribution in [0.25, 0.3) is 0 Å². The summed E-state index contributed by atoms with van der Waals surface area (Å²) in [5.74, 6) is -0.576. The second kappa shape index (κ2) is 7.10. The summed E-state index contributed by atoms with van der Waals surface area (Å²) in [5, 5.41) is 19.0. The fourth-order valence-electron chi connectivity index (χ4n) is 3.20. The minimum absolute atomic E-state index is 0.000656. The zero-order valence-electron chi connectivity index (χ0n) is 14.1. The van der Waals surface area contributed by atoms with Crippen molar-refractivity contribution in [2.75, 3.05) is 0 Å². The maximum atomic E-state index is 12.0. The first-order chi connectivity index (χ1) is 10.8. The molecule has 0 aliphatic heterocycles. The van der Waals surface area contributed by atoms with Gasteiger partial charge >= 0.3 is 5.97 Å². The Morgan fingerprint density at radius 2 is 2.00 bits per heavy atom. The number of aromatic carboxylic acids is 1. The molecule has 1 heterocycles. The topological polar surface area (TPSA) is 97.1 Å². The number of amides is 1. The van der Waals surface area contributed by atoms with E-state index in [0.717, 1.165) is 25.7 Å². The highest BCUT2D eigenvalue weighted by Crippen LogP contribution is 2.40. The highest BCUT2D eigenvalue weighted by molar-refractivity contribution is 5.84. The van der Waals surface area contributed by atoms with Gasteiger partial charge in [0.2, 0.25) is 5.91 Å². The van der Waals surface area contributed by atoms with Crippen LogP contribution < -0.4 is 5.32 Å². The van der Waals surface area contributed by atoms with Gasteiger partial charge in [0, 0.05) is 6.04 Å². The van der Waals surface area contributed by atoms with E-state index in [2.05, 4.69) is 36.4 Å². The first kappa shape index (κ1) is 17.4. The summed E-state index contributed by atoms with van der Waals surface area (Å²) < 4.78 is 1.25. The van der Waals surface area contributed by atoms with Gasteiger partial charge in [0.15, 0.2) is 5.69 Å². The Hall–Kier alpha value is -1.92. The first-order valence-electron chi connectivity index (χ1n) is 8.24. The molecule has 0 aromatic carbocycles. The Labute approximate surface area is 136 Å². The Bertz CT molecular complexity index is 559. The molecular formula is C16H26N4O3. The Kier molecular flexibility index (Phi) is 5.38. The zero-order valence-corrected chi connectivity index (χ0v) is 14.1. The highest BCUT2D eigenvalue weighted by atomic mass is 16.4. The number of carbonyl (C=O) groups is 2. The summed E-state index contributed by atoms with van der Waals surface area (Å²) in [6.07, 6.45) is 6.71. The number of hydrogen-bond acceptors (Lipinski definition) is 4. The molecule has 0 saturated heterocycles. The second-order valence-electron chi connectivity index (χ2n) is 7.06. The summed E-state index contributed by atoms with van der Waals surface area (Å²) in [4.78, 5) is 22.8. The molecule has 1 aliphatic rings. The quantitative estimate of drug-likeness (QED) is 0.836. The molecule has 1 aromatic rings. The van der Waals surface area contributed by atoms with Gasteiger partial charge in [-0.25, -0.2) is 9.48 Å². The fraction of sp³-hybridized carbons (Fsp3) is 0.750. The van der Waals surface area contributed by atoms with Gasteiger partial charge in [-0.15, -0.1) is 5.10 Å². The minimum Gasteiger partial charge on any atom is -0.476 e. The molecule has 2 N–H and O–H groups in total. The van der Waals surface area contributed by atoms with Crippen molar-refractivity contribution in [2.45, 2.75) is 65.5 Å². The summed E-state index contributed by atoms with van der Waals surface area (Å²) in [6, 6.07) is 0.203. The first-order valence-corrected chi connectivity index (χ1v) is 8.24. The molecule has 0 bridgehead atoms. The molecule has 1 fully saturated rings. The standard InChI is InChI=1S/C16H26N4O3/c1-4-16(2,3)11-5-7-12(8-6-11)17-14(21)10-20-9-13(15(22)23)18-19-20/h9,11-12H,4-8,10H2,1-3H3,(H,17,21)(H,22,23). The van der Waals surface area contributed by atoms with Crippen LogP contribution in [0.2, 0.25) is 0 Å². The molecule has 2 rings (SSSR count). The molecule has 0 atom stereocenters. The molecule has 1 amide bonds. The minimum atomic E-state index is -1.14. The van der Waals surface area contributed by atoms with Crippen LogP contribution in [0.1, 0.15) is 63.4 Å².